The number of nitrogens with one attached hydrogen (secondary N) is 1. The standard InChI is InChI=1S/C15H21N3.C10H14.C8H10/c1-12(2)11-15(16-4)18-13(3)8-9-14-7-5-6-10-17-14;1-4-10-7-8(2)5-6-9(10)3;1-2-8-6-4-3-5-7-8/h5-7,10-11H,3,8-9H2,1-2,4H3,(H,16,18);5-7H,4H2,1-3H3;3-7H,2H2,1H3. The molecule has 0 saturated heterocycles. The van der Waals surface area contributed by atoms with Gasteiger partial charge in [-0.1, -0.05) is 86.2 Å². The highest BCUT2D eigenvalue weighted by molar-refractivity contribution is 5.94. The van der Waals surface area contributed by atoms with E-state index in [2.05, 4.69) is 92.0 Å². The van der Waals surface area contributed by atoms with Gasteiger partial charge in [-0.25, -0.2) is 0 Å². The van der Waals surface area contributed by atoms with E-state index in [1.165, 1.54) is 27.8 Å². The van der Waals surface area contributed by atoms with Gasteiger partial charge in [0.1, 0.15) is 5.84 Å². The van der Waals surface area contributed by atoms with E-state index in [1.807, 2.05) is 50.4 Å². The van der Waals surface area contributed by atoms with Crippen molar-refractivity contribution >= 4 is 5.84 Å². The smallest absolute Gasteiger partial charge is 0.124 e. The summed E-state index contributed by atoms with van der Waals surface area (Å²) in [5, 5.41) is 3.22. The van der Waals surface area contributed by atoms with Crippen LogP contribution in [0.5, 0.6) is 0 Å². The lowest BCUT2D eigenvalue weighted by atomic mass is 10.0. The molecule has 0 amide bonds. The lowest BCUT2D eigenvalue weighted by molar-refractivity contribution is 0.859. The fourth-order valence-electron chi connectivity index (χ4n) is 3.39. The third-order valence-corrected chi connectivity index (χ3v) is 5.52. The molecule has 3 rings (SSSR count). The summed E-state index contributed by atoms with van der Waals surface area (Å²) < 4.78 is 0. The van der Waals surface area contributed by atoms with Gasteiger partial charge >= 0.3 is 0 Å². The molecule has 192 valence electrons. The molecule has 3 aromatic rings. The molecule has 3 nitrogen and oxygen atoms in total. The number of hydrogen-bond donors (Lipinski definition) is 1. The Morgan fingerprint density at radius 2 is 1.64 bits per heavy atom. The molecule has 1 N–H and O–H groups in total. The van der Waals surface area contributed by atoms with Gasteiger partial charge in [0.05, 0.1) is 0 Å². The van der Waals surface area contributed by atoms with Crippen molar-refractivity contribution in [3.05, 3.63) is 125 Å². The van der Waals surface area contributed by atoms with Crippen LogP contribution in [0.15, 0.2) is 102 Å². The number of aryl methyl sites for hydroxylation is 5. The minimum Gasteiger partial charge on any atom is -0.345 e. The Bertz CT molecular complexity index is 1080. The van der Waals surface area contributed by atoms with Crippen molar-refractivity contribution < 1.29 is 0 Å². The predicted octanol–water partition coefficient (Wildman–Crippen LogP) is 8.23. The van der Waals surface area contributed by atoms with Gasteiger partial charge in [0.25, 0.3) is 0 Å². The average molecular weight is 484 g/mol. The Kier molecular flexibility index (Phi) is 15.2. The Labute approximate surface area is 220 Å². The Balaban J connectivity index is 0.000000301. The molecular formula is C33H45N3. The van der Waals surface area contributed by atoms with Crippen LogP contribution in [-0.2, 0) is 19.3 Å². The molecule has 0 aliphatic carbocycles. The maximum atomic E-state index is 4.29. The number of aromatic nitrogens is 1. The van der Waals surface area contributed by atoms with Gasteiger partial charge in [0.2, 0.25) is 0 Å². The van der Waals surface area contributed by atoms with Crippen molar-refractivity contribution in [1.29, 1.82) is 0 Å². The van der Waals surface area contributed by atoms with Gasteiger partial charge in [0, 0.05) is 24.6 Å². The lowest BCUT2D eigenvalue weighted by Crippen LogP contribution is -2.20. The van der Waals surface area contributed by atoms with Crippen LogP contribution in [0.1, 0.15) is 62.1 Å². The number of nitrogens with zero attached hydrogens (tertiary/aromatic N) is 2. The SMILES string of the molecule is C=C(CCc1ccccn1)NC(C=C(C)C)=NC.CCc1cc(C)ccc1C.CCc1ccccc1. The monoisotopic (exact) mass is 483 g/mol. The summed E-state index contributed by atoms with van der Waals surface area (Å²) in [4.78, 5) is 8.46. The Morgan fingerprint density at radius 1 is 0.944 bits per heavy atom. The fraction of sp³-hybridized carbons (Fsp3) is 0.333. The van der Waals surface area contributed by atoms with E-state index in [0.29, 0.717) is 0 Å². The average Bonchev–Trinajstić information content (AvgIpc) is 2.90. The minimum atomic E-state index is 0.848. The third-order valence-electron chi connectivity index (χ3n) is 5.52. The van der Waals surface area contributed by atoms with Crippen LogP contribution in [0, 0.1) is 13.8 Å². The summed E-state index contributed by atoms with van der Waals surface area (Å²) in [5.41, 5.74) is 8.90. The summed E-state index contributed by atoms with van der Waals surface area (Å²) in [6, 6.07) is 23.0. The van der Waals surface area contributed by atoms with Gasteiger partial charge in [0.15, 0.2) is 0 Å². The first kappa shape index (κ1) is 30.6. The third kappa shape index (κ3) is 13.4. The zero-order chi connectivity index (χ0) is 26.8. The van der Waals surface area contributed by atoms with Crippen LogP contribution in [0.4, 0.5) is 0 Å². The van der Waals surface area contributed by atoms with Crippen LogP contribution >= 0.6 is 0 Å². The number of amidine groups is 1. The number of hydrogen-bond acceptors (Lipinski definition) is 2. The summed E-state index contributed by atoms with van der Waals surface area (Å²) >= 11 is 0. The molecule has 0 unspecified atom stereocenters. The molecule has 0 radical (unpaired) electrons. The first-order valence-corrected chi connectivity index (χ1v) is 12.8. The van der Waals surface area contributed by atoms with Crippen LogP contribution in [0.3, 0.4) is 0 Å². The molecule has 3 heteroatoms. The van der Waals surface area contributed by atoms with Gasteiger partial charge in [-0.3, -0.25) is 9.98 Å². The number of allylic oxidation sites excluding steroid dienone is 2. The summed E-state index contributed by atoms with van der Waals surface area (Å²) in [6.45, 7) is 16.8. The van der Waals surface area contributed by atoms with E-state index < -0.39 is 0 Å². The molecule has 0 bridgehead atoms. The van der Waals surface area contributed by atoms with E-state index in [-0.39, 0.29) is 0 Å². The molecule has 2 aromatic carbocycles. The zero-order valence-corrected chi connectivity index (χ0v) is 23.4. The molecule has 36 heavy (non-hydrogen) atoms. The van der Waals surface area contributed by atoms with Gasteiger partial charge in [-0.05, 0) is 88.3 Å². The van der Waals surface area contributed by atoms with E-state index in [0.717, 1.165) is 42.9 Å². The van der Waals surface area contributed by atoms with E-state index >= 15 is 0 Å². The van der Waals surface area contributed by atoms with E-state index in [1.54, 1.807) is 7.05 Å². The normalized spacial score (nSPS) is 10.2. The fourth-order valence-corrected chi connectivity index (χ4v) is 3.39. The number of aliphatic imine (C=N–C) groups is 1. The first-order chi connectivity index (χ1) is 17.3. The molecule has 0 fully saturated rings. The molecular weight excluding hydrogens is 438 g/mol. The molecule has 0 atom stereocenters. The summed E-state index contributed by atoms with van der Waals surface area (Å²) in [6.07, 6.45) is 7.85. The van der Waals surface area contributed by atoms with E-state index in [9.17, 15) is 0 Å². The predicted molar refractivity (Wildman–Crippen MR) is 159 cm³/mol. The quantitative estimate of drug-likeness (QED) is 0.271. The van der Waals surface area contributed by atoms with Crippen molar-refractivity contribution in [2.75, 3.05) is 7.05 Å². The Morgan fingerprint density at radius 3 is 2.14 bits per heavy atom. The maximum absolute atomic E-state index is 4.29. The zero-order valence-electron chi connectivity index (χ0n) is 23.4. The highest BCUT2D eigenvalue weighted by Crippen LogP contribution is 2.10. The second-order valence-corrected chi connectivity index (χ2v) is 9.00. The molecule has 0 aliphatic heterocycles. The molecule has 1 heterocycles. The second-order valence-electron chi connectivity index (χ2n) is 9.00. The molecule has 0 spiro atoms. The maximum Gasteiger partial charge on any atom is 0.124 e. The minimum absolute atomic E-state index is 0.848. The second kappa shape index (κ2) is 17.9. The van der Waals surface area contributed by atoms with Gasteiger partial charge < -0.3 is 5.32 Å². The summed E-state index contributed by atoms with van der Waals surface area (Å²) in [5.74, 6) is 0.848. The lowest BCUT2D eigenvalue weighted by Gasteiger charge is -2.09. The summed E-state index contributed by atoms with van der Waals surface area (Å²) in [7, 11) is 1.77. The van der Waals surface area contributed by atoms with Crippen LogP contribution < -0.4 is 5.32 Å². The highest BCUT2D eigenvalue weighted by Gasteiger charge is 2.00. The number of rotatable bonds is 7. The van der Waals surface area contributed by atoms with Crippen molar-refractivity contribution in [2.24, 2.45) is 4.99 Å². The molecule has 0 aliphatic rings. The van der Waals surface area contributed by atoms with E-state index in [4.69, 9.17) is 0 Å². The van der Waals surface area contributed by atoms with Crippen molar-refractivity contribution in [1.82, 2.24) is 10.3 Å². The van der Waals surface area contributed by atoms with Crippen molar-refractivity contribution in [3.8, 4) is 0 Å². The van der Waals surface area contributed by atoms with Gasteiger partial charge in [-0.2, -0.15) is 0 Å². The van der Waals surface area contributed by atoms with Crippen LogP contribution in [-0.4, -0.2) is 17.9 Å². The van der Waals surface area contributed by atoms with Crippen LogP contribution in [0.25, 0.3) is 0 Å². The van der Waals surface area contributed by atoms with Gasteiger partial charge in [-0.15, -0.1) is 0 Å². The molecule has 0 saturated carbocycles. The first-order valence-electron chi connectivity index (χ1n) is 12.8. The Hall–Kier alpha value is -3.46. The van der Waals surface area contributed by atoms with Crippen LogP contribution in [0.2, 0.25) is 0 Å². The molecule has 1 aromatic heterocycles. The topological polar surface area (TPSA) is 37.3 Å². The van der Waals surface area contributed by atoms with Crippen molar-refractivity contribution in [3.63, 3.8) is 0 Å². The number of benzene rings is 2. The largest absolute Gasteiger partial charge is 0.345 e. The number of pyridine rings is 1. The van der Waals surface area contributed by atoms with Crippen molar-refractivity contribution in [2.45, 2.75) is 67.2 Å². The highest BCUT2D eigenvalue weighted by atomic mass is 15.0.